The number of carbonyl (C=O) groups is 2. The first kappa shape index (κ1) is 17.6. The van der Waals surface area contributed by atoms with E-state index in [0.717, 1.165) is 24.1 Å². The molecule has 0 aromatic heterocycles. The number of nitrogens with one attached hydrogen (secondary N) is 1. The number of nitrogens with zero attached hydrogens (tertiary/aromatic N) is 1. The molecule has 6 heteroatoms. The lowest BCUT2D eigenvalue weighted by atomic mass is 10.1. The van der Waals surface area contributed by atoms with Gasteiger partial charge in [0.05, 0.1) is 0 Å². The predicted octanol–water partition coefficient (Wildman–Crippen LogP) is 3.64. The van der Waals surface area contributed by atoms with E-state index in [1.54, 1.807) is 6.07 Å². The first-order valence-corrected chi connectivity index (χ1v) is 8.91. The molecule has 0 saturated carbocycles. The standard InChI is InChI=1S/C19H18BrFN2O2/c20-16-8-15(9-17(21)10-16)19(25)22-11-13-4-1-2-5-14(13)12-23-7-3-6-18(23)24/h1-2,4-5,8-10H,3,6-7,11-12H2,(H,22,25). The molecule has 3 rings (SSSR count). The van der Waals surface area contributed by atoms with Crippen molar-refractivity contribution >= 4 is 27.7 Å². The number of carbonyl (C=O) groups excluding carboxylic acids is 2. The van der Waals surface area contributed by atoms with Crippen molar-refractivity contribution in [2.45, 2.75) is 25.9 Å². The lowest BCUT2D eigenvalue weighted by Gasteiger charge is -2.18. The fourth-order valence-corrected chi connectivity index (χ4v) is 3.39. The molecule has 1 saturated heterocycles. The molecule has 0 atom stereocenters. The third-order valence-corrected chi connectivity index (χ3v) is 4.67. The lowest BCUT2D eigenvalue weighted by molar-refractivity contribution is -0.128. The van der Waals surface area contributed by atoms with Crippen molar-refractivity contribution in [1.29, 1.82) is 0 Å². The quantitative estimate of drug-likeness (QED) is 0.826. The highest BCUT2D eigenvalue weighted by Crippen LogP contribution is 2.18. The Kier molecular flexibility index (Phi) is 5.48. The van der Waals surface area contributed by atoms with Crippen LogP contribution in [0.3, 0.4) is 0 Å². The summed E-state index contributed by atoms with van der Waals surface area (Å²) >= 11 is 3.19. The average molecular weight is 405 g/mol. The maximum absolute atomic E-state index is 13.4. The summed E-state index contributed by atoms with van der Waals surface area (Å²) in [6.45, 7) is 1.65. The van der Waals surface area contributed by atoms with Gasteiger partial charge >= 0.3 is 0 Å². The summed E-state index contributed by atoms with van der Waals surface area (Å²) < 4.78 is 14.0. The van der Waals surface area contributed by atoms with Gasteiger partial charge in [-0.25, -0.2) is 4.39 Å². The fraction of sp³-hybridized carbons (Fsp3) is 0.263. The molecule has 2 amide bonds. The van der Waals surface area contributed by atoms with Crippen molar-refractivity contribution in [2.24, 2.45) is 0 Å². The second-order valence-corrected chi connectivity index (χ2v) is 6.94. The third-order valence-electron chi connectivity index (χ3n) is 4.22. The molecule has 25 heavy (non-hydrogen) atoms. The molecule has 0 radical (unpaired) electrons. The normalized spacial score (nSPS) is 14.0. The Balaban J connectivity index is 1.68. The van der Waals surface area contributed by atoms with E-state index in [2.05, 4.69) is 21.2 Å². The number of hydrogen-bond acceptors (Lipinski definition) is 2. The number of halogens is 2. The van der Waals surface area contributed by atoms with Crippen LogP contribution < -0.4 is 5.32 Å². The molecule has 1 heterocycles. The van der Waals surface area contributed by atoms with E-state index in [1.165, 1.54) is 12.1 Å². The van der Waals surface area contributed by atoms with Crippen molar-refractivity contribution in [3.05, 3.63) is 69.4 Å². The number of hydrogen-bond donors (Lipinski definition) is 1. The fourth-order valence-electron chi connectivity index (χ4n) is 2.92. The van der Waals surface area contributed by atoms with Crippen molar-refractivity contribution in [3.8, 4) is 0 Å². The zero-order chi connectivity index (χ0) is 17.8. The molecular weight excluding hydrogens is 387 g/mol. The Morgan fingerprint density at radius 3 is 2.64 bits per heavy atom. The van der Waals surface area contributed by atoms with Gasteiger partial charge in [0.25, 0.3) is 5.91 Å². The molecule has 4 nitrogen and oxygen atoms in total. The third kappa shape index (κ3) is 4.45. The van der Waals surface area contributed by atoms with Crippen LogP contribution in [-0.2, 0) is 17.9 Å². The van der Waals surface area contributed by atoms with Crippen molar-refractivity contribution in [2.75, 3.05) is 6.54 Å². The van der Waals surface area contributed by atoms with Crippen LogP contribution in [0.15, 0.2) is 46.9 Å². The van der Waals surface area contributed by atoms with Crippen LogP contribution >= 0.6 is 15.9 Å². The molecule has 0 aliphatic carbocycles. The van der Waals surface area contributed by atoms with Crippen LogP contribution in [0.4, 0.5) is 4.39 Å². The molecule has 1 N–H and O–H groups in total. The largest absolute Gasteiger partial charge is 0.348 e. The average Bonchev–Trinajstić information content (AvgIpc) is 2.98. The predicted molar refractivity (Wildman–Crippen MR) is 96.4 cm³/mol. The Morgan fingerprint density at radius 1 is 1.20 bits per heavy atom. The van der Waals surface area contributed by atoms with E-state index >= 15 is 0 Å². The van der Waals surface area contributed by atoms with E-state index in [4.69, 9.17) is 0 Å². The van der Waals surface area contributed by atoms with Gasteiger partial charge in [-0.3, -0.25) is 9.59 Å². The van der Waals surface area contributed by atoms with Crippen LogP contribution in [0, 0.1) is 5.82 Å². The van der Waals surface area contributed by atoms with E-state index in [9.17, 15) is 14.0 Å². The van der Waals surface area contributed by atoms with Crippen LogP contribution in [0.1, 0.15) is 34.3 Å². The number of amides is 2. The van der Waals surface area contributed by atoms with Crippen molar-refractivity contribution in [1.82, 2.24) is 10.2 Å². The Hall–Kier alpha value is -2.21. The first-order chi connectivity index (χ1) is 12.0. The molecule has 2 aromatic rings. The maximum Gasteiger partial charge on any atom is 0.251 e. The zero-order valence-electron chi connectivity index (χ0n) is 13.6. The summed E-state index contributed by atoms with van der Waals surface area (Å²) in [4.78, 5) is 25.9. The number of benzene rings is 2. The molecule has 2 aromatic carbocycles. The monoisotopic (exact) mass is 404 g/mol. The van der Waals surface area contributed by atoms with Crippen molar-refractivity contribution < 1.29 is 14.0 Å². The highest BCUT2D eigenvalue weighted by molar-refractivity contribution is 9.10. The van der Waals surface area contributed by atoms with Crippen LogP contribution in [0.25, 0.3) is 0 Å². The molecule has 0 bridgehead atoms. The number of likely N-dealkylation sites (tertiary alicyclic amines) is 1. The van der Waals surface area contributed by atoms with Gasteiger partial charge in [0, 0.05) is 36.1 Å². The molecule has 1 fully saturated rings. The molecule has 0 unspecified atom stereocenters. The molecule has 1 aliphatic heterocycles. The maximum atomic E-state index is 13.4. The van der Waals surface area contributed by atoms with E-state index in [-0.39, 0.29) is 17.4 Å². The van der Waals surface area contributed by atoms with Crippen LogP contribution in [-0.4, -0.2) is 23.3 Å². The smallest absolute Gasteiger partial charge is 0.251 e. The van der Waals surface area contributed by atoms with Crippen LogP contribution in [0.5, 0.6) is 0 Å². The summed E-state index contributed by atoms with van der Waals surface area (Å²) in [7, 11) is 0. The minimum Gasteiger partial charge on any atom is -0.348 e. The summed E-state index contributed by atoms with van der Waals surface area (Å²) in [5.41, 5.74) is 2.23. The summed E-state index contributed by atoms with van der Waals surface area (Å²) in [6.07, 6.45) is 1.50. The van der Waals surface area contributed by atoms with Gasteiger partial charge in [-0.1, -0.05) is 40.2 Å². The molecule has 1 aliphatic rings. The Morgan fingerprint density at radius 2 is 1.96 bits per heavy atom. The van der Waals surface area contributed by atoms with Gasteiger partial charge < -0.3 is 10.2 Å². The van der Waals surface area contributed by atoms with Gasteiger partial charge in [0.15, 0.2) is 0 Å². The minimum atomic E-state index is -0.465. The molecule has 0 spiro atoms. The van der Waals surface area contributed by atoms with E-state index in [0.29, 0.717) is 24.0 Å². The van der Waals surface area contributed by atoms with E-state index in [1.807, 2.05) is 29.2 Å². The second-order valence-electron chi connectivity index (χ2n) is 6.03. The van der Waals surface area contributed by atoms with Crippen LogP contribution in [0.2, 0.25) is 0 Å². The van der Waals surface area contributed by atoms with Crippen molar-refractivity contribution in [3.63, 3.8) is 0 Å². The number of rotatable bonds is 5. The van der Waals surface area contributed by atoms with Gasteiger partial charge in [0.1, 0.15) is 5.82 Å². The molecule has 130 valence electrons. The summed E-state index contributed by atoms with van der Waals surface area (Å²) in [5.74, 6) is -0.636. The van der Waals surface area contributed by atoms with Gasteiger partial charge in [0.2, 0.25) is 5.91 Å². The minimum absolute atomic E-state index is 0.170. The van der Waals surface area contributed by atoms with Gasteiger partial charge in [-0.2, -0.15) is 0 Å². The second kappa shape index (κ2) is 7.78. The highest BCUT2D eigenvalue weighted by Gasteiger charge is 2.21. The first-order valence-electron chi connectivity index (χ1n) is 8.12. The Labute approximate surface area is 154 Å². The zero-order valence-corrected chi connectivity index (χ0v) is 15.2. The van der Waals surface area contributed by atoms with Gasteiger partial charge in [-0.15, -0.1) is 0 Å². The lowest BCUT2D eigenvalue weighted by Crippen LogP contribution is -2.26. The summed E-state index contributed by atoms with van der Waals surface area (Å²) in [5, 5.41) is 2.82. The topological polar surface area (TPSA) is 49.4 Å². The van der Waals surface area contributed by atoms with Gasteiger partial charge in [-0.05, 0) is 35.7 Å². The van der Waals surface area contributed by atoms with E-state index < -0.39 is 5.82 Å². The Bertz CT molecular complexity index is 790. The highest BCUT2D eigenvalue weighted by atomic mass is 79.9. The SMILES string of the molecule is O=C(NCc1ccccc1CN1CCCC1=O)c1cc(F)cc(Br)c1. The molecular formula is C19H18BrFN2O2. The summed E-state index contributed by atoms with van der Waals surface area (Å²) in [6, 6.07) is 11.8.